The standard InChI is InChI=1S/C20H23FN4.ClH/c21-15-5-3-4-14(10-15)13-25-16-6-7-19(25)17-12-22-20(23-18(17)11-16)24-8-1-2-9-24;/h3-5,10,12,16,19H,1-2,6-9,11,13H2;1H. The minimum atomic E-state index is -0.152. The van der Waals surface area contributed by atoms with E-state index in [-0.39, 0.29) is 18.2 Å². The molecule has 2 aromatic rings. The quantitative estimate of drug-likeness (QED) is 0.815. The summed E-state index contributed by atoms with van der Waals surface area (Å²) in [6, 6.07) is 7.88. The highest BCUT2D eigenvalue weighted by Gasteiger charge is 2.41. The molecule has 2 bridgehead atoms. The second-order valence-electron chi connectivity index (χ2n) is 7.52. The fourth-order valence-electron chi connectivity index (χ4n) is 4.73. The normalized spacial score (nSPS) is 24.4. The van der Waals surface area contributed by atoms with Gasteiger partial charge in [-0.1, -0.05) is 12.1 Å². The van der Waals surface area contributed by atoms with Crippen molar-refractivity contribution < 1.29 is 4.39 Å². The predicted octanol–water partition coefficient (Wildman–Crippen LogP) is 3.90. The molecule has 0 aliphatic carbocycles. The maximum Gasteiger partial charge on any atom is 0.225 e. The topological polar surface area (TPSA) is 32.3 Å². The van der Waals surface area contributed by atoms with Gasteiger partial charge in [0.05, 0.1) is 5.69 Å². The third-order valence-electron chi connectivity index (χ3n) is 5.96. The Morgan fingerprint density at radius 3 is 2.81 bits per heavy atom. The average Bonchev–Trinajstić information content (AvgIpc) is 3.23. The molecule has 138 valence electrons. The minimum Gasteiger partial charge on any atom is -0.341 e. The molecule has 1 aromatic heterocycles. The van der Waals surface area contributed by atoms with Gasteiger partial charge in [0.15, 0.2) is 0 Å². The summed E-state index contributed by atoms with van der Waals surface area (Å²) in [5.74, 6) is 0.759. The van der Waals surface area contributed by atoms with Crippen LogP contribution in [0.25, 0.3) is 0 Å². The van der Waals surface area contributed by atoms with Crippen LogP contribution < -0.4 is 4.90 Å². The molecule has 0 spiro atoms. The smallest absolute Gasteiger partial charge is 0.225 e. The number of hydrogen-bond acceptors (Lipinski definition) is 4. The van der Waals surface area contributed by atoms with Crippen molar-refractivity contribution in [1.29, 1.82) is 0 Å². The highest BCUT2D eigenvalue weighted by atomic mass is 35.5. The molecule has 0 amide bonds. The molecule has 0 radical (unpaired) electrons. The van der Waals surface area contributed by atoms with E-state index >= 15 is 0 Å². The van der Waals surface area contributed by atoms with E-state index < -0.39 is 0 Å². The zero-order valence-corrected chi connectivity index (χ0v) is 15.6. The number of rotatable bonds is 3. The predicted molar refractivity (Wildman–Crippen MR) is 102 cm³/mol. The van der Waals surface area contributed by atoms with Crippen LogP contribution in [0.5, 0.6) is 0 Å². The second-order valence-corrected chi connectivity index (χ2v) is 7.52. The summed E-state index contributed by atoms with van der Waals surface area (Å²) >= 11 is 0. The number of fused-ring (bicyclic) bond motifs is 4. The van der Waals surface area contributed by atoms with Crippen molar-refractivity contribution in [3.63, 3.8) is 0 Å². The van der Waals surface area contributed by atoms with Gasteiger partial charge in [0.2, 0.25) is 5.95 Å². The van der Waals surface area contributed by atoms with E-state index in [2.05, 4.69) is 21.0 Å². The molecule has 1 aromatic carbocycles. The first-order valence-electron chi connectivity index (χ1n) is 9.39. The summed E-state index contributed by atoms with van der Waals surface area (Å²) in [5.41, 5.74) is 3.57. The lowest BCUT2D eigenvalue weighted by Gasteiger charge is -2.36. The lowest BCUT2D eigenvalue weighted by Crippen LogP contribution is -2.38. The van der Waals surface area contributed by atoms with Gasteiger partial charge in [-0.3, -0.25) is 4.90 Å². The van der Waals surface area contributed by atoms with Crippen molar-refractivity contribution in [2.45, 2.75) is 50.7 Å². The Labute approximate surface area is 159 Å². The first kappa shape index (κ1) is 17.7. The summed E-state index contributed by atoms with van der Waals surface area (Å²) in [5, 5.41) is 0. The monoisotopic (exact) mass is 374 g/mol. The Morgan fingerprint density at radius 2 is 2.00 bits per heavy atom. The van der Waals surface area contributed by atoms with Crippen LogP contribution in [0.3, 0.4) is 0 Å². The van der Waals surface area contributed by atoms with E-state index in [4.69, 9.17) is 4.98 Å². The Bertz CT molecular complexity index is 793. The fraction of sp³-hybridized carbons (Fsp3) is 0.500. The van der Waals surface area contributed by atoms with Crippen LogP contribution in [0.15, 0.2) is 30.5 Å². The largest absolute Gasteiger partial charge is 0.341 e. The van der Waals surface area contributed by atoms with Gasteiger partial charge in [-0.15, -0.1) is 12.4 Å². The summed E-state index contributed by atoms with van der Waals surface area (Å²) in [6.45, 7) is 2.97. The third kappa shape index (κ3) is 3.08. The first-order chi connectivity index (χ1) is 12.3. The van der Waals surface area contributed by atoms with Crippen molar-refractivity contribution in [2.24, 2.45) is 0 Å². The van der Waals surface area contributed by atoms with E-state index in [1.54, 1.807) is 12.1 Å². The van der Waals surface area contributed by atoms with Crippen LogP contribution in [0.2, 0.25) is 0 Å². The van der Waals surface area contributed by atoms with Gasteiger partial charge in [0.1, 0.15) is 5.82 Å². The highest BCUT2D eigenvalue weighted by molar-refractivity contribution is 5.85. The summed E-state index contributed by atoms with van der Waals surface area (Å²) < 4.78 is 13.5. The molecular formula is C20H24ClFN4. The Balaban J connectivity index is 0.00000168. The zero-order valence-electron chi connectivity index (χ0n) is 14.8. The summed E-state index contributed by atoms with van der Waals surface area (Å²) in [4.78, 5) is 14.4. The minimum absolute atomic E-state index is 0. The molecule has 3 aliphatic rings. The lowest BCUT2D eigenvalue weighted by atomic mass is 9.98. The number of aromatic nitrogens is 2. The van der Waals surface area contributed by atoms with E-state index in [1.807, 2.05) is 6.07 Å². The first-order valence-corrected chi connectivity index (χ1v) is 9.39. The highest BCUT2D eigenvalue weighted by Crippen LogP contribution is 2.44. The van der Waals surface area contributed by atoms with Crippen LogP contribution in [-0.4, -0.2) is 34.0 Å². The molecule has 5 rings (SSSR count). The molecule has 0 saturated carbocycles. The van der Waals surface area contributed by atoms with E-state index in [0.29, 0.717) is 12.1 Å². The van der Waals surface area contributed by atoms with Crippen molar-refractivity contribution in [1.82, 2.24) is 14.9 Å². The molecule has 26 heavy (non-hydrogen) atoms. The Kier molecular flexibility index (Phi) is 4.84. The average molecular weight is 375 g/mol. The molecule has 2 saturated heterocycles. The van der Waals surface area contributed by atoms with Gasteiger partial charge >= 0.3 is 0 Å². The number of halogens is 2. The van der Waals surface area contributed by atoms with Crippen LogP contribution in [0.4, 0.5) is 10.3 Å². The second kappa shape index (κ2) is 7.12. The van der Waals surface area contributed by atoms with Crippen LogP contribution in [0.1, 0.15) is 48.5 Å². The van der Waals surface area contributed by atoms with E-state index in [0.717, 1.165) is 44.0 Å². The van der Waals surface area contributed by atoms with E-state index in [1.165, 1.54) is 36.6 Å². The van der Waals surface area contributed by atoms with Crippen molar-refractivity contribution in [3.8, 4) is 0 Å². The number of nitrogens with zero attached hydrogens (tertiary/aromatic N) is 4. The zero-order chi connectivity index (χ0) is 16.8. The Hall–Kier alpha value is -1.72. The van der Waals surface area contributed by atoms with Crippen LogP contribution in [0, 0.1) is 5.82 Å². The molecule has 3 aliphatic heterocycles. The molecule has 4 nitrogen and oxygen atoms in total. The van der Waals surface area contributed by atoms with Gasteiger partial charge in [0, 0.05) is 49.9 Å². The van der Waals surface area contributed by atoms with Gasteiger partial charge < -0.3 is 4.90 Å². The van der Waals surface area contributed by atoms with Gasteiger partial charge in [-0.05, 0) is 43.4 Å². The number of anilines is 1. The lowest BCUT2D eigenvalue weighted by molar-refractivity contribution is 0.166. The van der Waals surface area contributed by atoms with Crippen LogP contribution in [-0.2, 0) is 13.0 Å². The maximum absolute atomic E-state index is 13.5. The molecule has 0 N–H and O–H groups in total. The molecule has 4 heterocycles. The van der Waals surface area contributed by atoms with Gasteiger partial charge in [0.25, 0.3) is 0 Å². The maximum atomic E-state index is 13.5. The van der Waals surface area contributed by atoms with Gasteiger partial charge in [-0.2, -0.15) is 0 Å². The summed E-state index contributed by atoms with van der Waals surface area (Å²) in [7, 11) is 0. The van der Waals surface area contributed by atoms with Crippen molar-refractivity contribution in [2.75, 3.05) is 18.0 Å². The van der Waals surface area contributed by atoms with Crippen molar-refractivity contribution >= 4 is 18.4 Å². The number of benzene rings is 1. The van der Waals surface area contributed by atoms with Crippen LogP contribution >= 0.6 is 12.4 Å². The van der Waals surface area contributed by atoms with Crippen molar-refractivity contribution in [3.05, 3.63) is 53.1 Å². The molecular weight excluding hydrogens is 351 g/mol. The fourth-order valence-corrected chi connectivity index (χ4v) is 4.73. The Morgan fingerprint density at radius 1 is 1.15 bits per heavy atom. The third-order valence-corrected chi connectivity index (χ3v) is 5.96. The SMILES string of the molecule is Cl.Fc1cccc(CN2C3CCC2c2cnc(N4CCCC4)nc2C3)c1. The molecule has 2 atom stereocenters. The summed E-state index contributed by atoms with van der Waals surface area (Å²) in [6.07, 6.45) is 7.88. The molecule has 2 unspecified atom stereocenters. The number of hydrogen-bond donors (Lipinski definition) is 0. The van der Waals surface area contributed by atoms with E-state index in [9.17, 15) is 4.39 Å². The van der Waals surface area contributed by atoms with Gasteiger partial charge in [-0.25, -0.2) is 14.4 Å². The molecule has 2 fully saturated rings. The molecule has 6 heteroatoms.